The summed E-state index contributed by atoms with van der Waals surface area (Å²) in [5.74, 6) is 0. The van der Waals surface area contributed by atoms with E-state index in [0.29, 0.717) is 0 Å². The molecule has 11 heavy (non-hydrogen) atoms. The molecule has 0 aromatic carbocycles. The van der Waals surface area contributed by atoms with Crippen LogP contribution in [0.15, 0.2) is 22.1 Å². The summed E-state index contributed by atoms with van der Waals surface area (Å²) in [5.41, 5.74) is -0.659. The van der Waals surface area contributed by atoms with E-state index in [1.165, 1.54) is 6.07 Å². The van der Waals surface area contributed by atoms with Crippen LogP contribution in [0.4, 0.5) is 0 Å². The van der Waals surface area contributed by atoms with E-state index in [4.69, 9.17) is 0 Å². The average Bonchev–Trinajstić information content (AvgIpc) is 1.86. The van der Waals surface area contributed by atoms with Gasteiger partial charge in [0.15, 0.2) is 9.84 Å². The number of aromatic amines is 1. The lowest BCUT2D eigenvalue weighted by Crippen LogP contribution is -2.13. The van der Waals surface area contributed by atoms with Crippen molar-refractivity contribution in [1.29, 1.82) is 0 Å². The highest BCUT2D eigenvalue weighted by molar-refractivity contribution is 7.90. The highest BCUT2D eigenvalue weighted by Gasteiger charge is 2.06. The molecular formula is C5H6N2O3S. The minimum atomic E-state index is -3.32. The quantitative estimate of drug-likeness (QED) is 0.564. The van der Waals surface area contributed by atoms with E-state index >= 15 is 0 Å². The fourth-order valence-corrected chi connectivity index (χ4v) is 1.15. The molecule has 1 rings (SSSR count). The molecule has 0 atom stereocenters. The standard InChI is InChI=1S/C5H6N2O3S/c1-11(9,10)4-2-3-6-5(8)7-4/h2-3H,1H3,(H,6,7,8). The number of rotatable bonds is 1. The maximum Gasteiger partial charge on any atom is 0.345 e. The van der Waals surface area contributed by atoms with Crippen LogP contribution in [-0.4, -0.2) is 24.6 Å². The molecule has 6 heteroatoms. The Hall–Kier alpha value is -1.17. The number of H-pyrrole nitrogens is 1. The van der Waals surface area contributed by atoms with Crippen molar-refractivity contribution in [2.75, 3.05) is 6.26 Å². The Morgan fingerprint density at radius 1 is 1.55 bits per heavy atom. The third kappa shape index (κ3) is 1.87. The van der Waals surface area contributed by atoms with Crippen molar-refractivity contribution in [2.24, 2.45) is 0 Å². The molecule has 0 saturated heterocycles. The maximum atomic E-state index is 10.8. The molecular weight excluding hydrogens is 168 g/mol. The van der Waals surface area contributed by atoms with E-state index in [-0.39, 0.29) is 5.03 Å². The lowest BCUT2D eigenvalue weighted by molar-refractivity contribution is 0.597. The molecule has 0 aliphatic heterocycles. The first kappa shape index (κ1) is 7.93. The van der Waals surface area contributed by atoms with Crippen molar-refractivity contribution in [3.8, 4) is 0 Å². The van der Waals surface area contributed by atoms with Crippen LogP contribution in [-0.2, 0) is 9.84 Å². The highest BCUT2D eigenvalue weighted by Crippen LogP contribution is 1.98. The lowest BCUT2D eigenvalue weighted by Gasteiger charge is -1.93. The average molecular weight is 174 g/mol. The Balaban J connectivity index is 3.40. The normalized spacial score (nSPS) is 11.4. The number of sulfone groups is 1. The molecule has 0 saturated carbocycles. The van der Waals surface area contributed by atoms with Gasteiger partial charge in [-0.15, -0.1) is 0 Å². The summed E-state index contributed by atoms with van der Waals surface area (Å²) in [6, 6.07) is 1.23. The molecule has 1 aromatic rings. The van der Waals surface area contributed by atoms with Crippen LogP contribution in [0.2, 0.25) is 0 Å². The third-order valence-electron chi connectivity index (χ3n) is 1.05. The predicted octanol–water partition coefficient (Wildman–Crippen LogP) is -0.827. The van der Waals surface area contributed by atoms with Crippen molar-refractivity contribution in [2.45, 2.75) is 5.03 Å². The molecule has 0 unspecified atom stereocenters. The number of hydrogen-bond donors (Lipinski definition) is 1. The summed E-state index contributed by atoms with van der Waals surface area (Å²) in [5, 5.41) is -0.113. The van der Waals surface area contributed by atoms with Crippen LogP contribution in [0, 0.1) is 0 Å². The molecule has 0 radical (unpaired) electrons. The van der Waals surface area contributed by atoms with Gasteiger partial charge in [-0.2, -0.15) is 0 Å². The summed E-state index contributed by atoms with van der Waals surface area (Å²) in [4.78, 5) is 15.9. The second-order valence-corrected chi connectivity index (χ2v) is 4.00. The first-order valence-electron chi connectivity index (χ1n) is 2.75. The minimum Gasteiger partial charge on any atom is -0.296 e. The van der Waals surface area contributed by atoms with Gasteiger partial charge in [0.2, 0.25) is 0 Å². The van der Waals surface area contributed by atoms with Crippen LogP contribution >= 0.6 is 0 Å². The zero-order valence-electron chi connectivity index (χ0n) is 5.73. The van der Waals surface area contributed by atoms with Crippen LogP contribution in [0.3, 0.4) is 0 Å². The second kappa shape index (κ2) is 2.46. The number of aromatic nitrogens is 2. The number of nitrogens with one attached hydrogen (secondary N) is 1. The lowest BCUT2D eigenvalue weighted by atomic mass is 10.7. The van der Waals surface area contributed by atoms with Crippen LogP contribution in [0.5, 0.6) is 0 Å². The molecule has 1 heterocycles. The number of hydrogen-bond acceptors (Lipinski definition) is 4. The Labute approximate surface area is 63.0 Å². The molecule has 1 N–H and O–H groups in total. The zero-order valence-corrected chi connectivity index (χ0v) is 6.55. The van der Waals surface area contributed by atoms with Gasteiger partial charge in [0.25, 0.3) is 0 Å². The second-order valence-electron chi connectivity index (χ2n) is 2.01. The third-order valence-corrected chi connectivity index (χ3v) is 2.08. The smallest absolute Gasteiger partial charge is 0.296 e. The number of nitrogens with zero attached hydrogens (tertiary/aromatic N) is 1. The van der Waals surface area contributed by atoms with E-state index < -0.39 is 15.5 Å². The summed E-state index contributed by atoms with van der Waals surface area (Å²) in [7, 11) is -3.32. The maximum absolute atomic E-state index is 10.8. The molecule has 5 nitrogen and oxygen atoms in total. The summed E-state index contributed by atoms with van der Waals surface area (Å²) >= 11 is 0. The van der Waals surface area contributed by atoms with Gasteiger partial charge in [-0.25, -0.2) is 18.2 Å². The monoisotopic (exact) mass is 174 g/mol. The zero-order chi connectivity index (χ0) is 8.48. The van der Waals surface area contributed by atoms with Gasteiger partial charge in [0.1, 0.15) is 5.03 Å². The molecule has 60 valence electrons. The van der Waals surface area contributed by atoms with Gasteiger partial charge < -0.3 is 0 Å². The van der Waals surface area contributed by atoms with E-state index in [0.717, 1.165) is 12.5 Å². The topological polar surface area (TPSA) is 79.9 Å². The van der Waals surface area contributed by atoms with Crippen molar-refractivity contribution >= 4 is 9.84 Å². The predicted molar refractivity (Wildman–Crippen MR) is 38.0 cm³/mol. The van der Waals surface area contributed by atoms with Crippen LogP contribution < -0.4 is 5.69 Å². The van der Waals surface area contributed by atoms with Gasteiger partial charge in [-0.05, 0) is 6.07 Å². The molecule has 1 aromatic heterocycles. The van der Waals surface area contributed by atoms with Crippen LogP contribution in [0.1, 0.15) is 0 Å². The fraction of sp³-hybridized carbons (Fsp3) is 0.200. The Bertz CT molecular complexity index is 406. The molecule has 0 aliphatic rings. The van der Waals surface area contributed by atoms with Crippen molar-refractivity contribution < 1.29 is 8.42 Å². The molecule has 0 spiro atoms. The van der Waals surface area contributed by atoms with Gasteiger partial charge in [-0.1, -0.05) is 0 Å². The summed E-state index contributed by atoms with van der Waals surface area (Å²) < 4.78 is 21.6. The fourth-order valence-electron chi connectivity index (χ4n) is 0.568. The van der Waals surface area contributed by atoms with Gasteiger partial charge in [-0.3, -0.25) is 4.98 Å². The summed E-state index contributed by atoms with van der Waals surface area (Å²) in [6.07, 6.45) is 2.16. The minimum absolute atomic E-state index is 0.113. The van der Waals surface area contributed by atoms with Gasteiger partial charge >= 0.3 is 5.69 Å². The van der Waals surface area contributed by atoms with Gasteiger partial charge in [0.05, 0.1) is 0 Å². The van der Waals surface area contributed by atoms with E-state index in [9.17, 15) is 13.2 Å². The van der Waals surface area contributed by atoms with Crippen molar-refractivity contribution in [3.05, 3.63) is 22.7 Å². The molecule has 0 aliphatic carbocycles. The first-order chi connectivity index (χ1) is 5.00. The van der Waals surface area contributed by atoms with E-state index in [1.54, 1.807) is 0 Å². The van der Waals surface area contributed by atoms with Crippen molar-refractivity contribution in [3.63, 3.8) is 0 Å². The van der Waals surface area contributed by atoms with Crippen LogP contribution in [0.25, 0.3) is 0 Å². The Kier molecular flexibility index (Phi) is 1.77. The largest absolute Gasteiger partial charge is 0.345 e. The van der Waals surface area contributed by atoms with Gasteiger partial charge in [0, 0.05) is 12.5 Å². The highest BCUT2D eigenvalue weighted by atomic mass is 32.2. The molecule has 0 bridgehead atoms. The van der Waals surface area contributed by atoms with E-state index in [1.807, 2.05) is 0 Å². The van der Waals surface area contributed by atoms with E-state index in [2.05, 4.69) is 9.97 Å². The van der Waals surface area contributed by atoms with Crippen molar-refractivity contribution in [1.82, 2.24) is 9.97 Å². The Morgan fingerprint density at radius 3 is 2.55 bits per heavy atom. The SMILES string of the molecule is CS(=O)(=O)c1ccnc(=O)[nH]1. The molecule has 0 fully saturated rings. The summed E-state index contributed by atoms with van der Waals surface area (Å²) in [6.45, 7) is 0. The molecule has 0 amide bonds. The first-order valence-corrected chi connectivity index (χ1v) is 4.65. The Morgan fingerprint density at radius 2 is 2.18 bits per heavy atom.